The molecule has 5 heteroatoms. The summed E-state index contributed by atoms with van der Waals surface area (Å²) in [5, 5.41) is 7.48. The number of aromatic amines is 1. The average Bonchev–Trinajstić information content (AvgIpc) is 3.17. The van der Waals surface area contributed by atoms with Gasteiger partial charge in [0.05, 0.1) is 11.0 Å². The Hall–Kier alpha value is -2.30. The molecule has 1 aromatic carbocycles. The predicted octanol–water partition coefficient (Wildman–Crippen LogP) is 3.07. The maximum absolute atomic E-state index is 4.68. The Balaban J connectivity index is 1.79. The van der Waals surface area contributed by atoms with Crippen molar-refractivity contribution >= 4 is 11.0 Å². The zero-order valence-electron chi connectivity index (χ0n) is 11.1. The molecule has 0 aliphatic heterocycles. The summed E-state index contributed by atoms with van der Waals surface area (Å²) in [6, 6.07) is 5.92. The lowest BCUT2D eigenvalue weighted by atomic mass is 10.1. The van der Waals surface area contributed by atoms with Gasteiger partial charge in [0.25, 0.3) is 0 Å². The van der Waals surface area contributed by atoms with Crippen LogP contribution in [-0.4, -0.2) is 25.1 Å². The Kier molecular flexibility index (Phi) is 2.69. The van der Waals surface area contributed by atoms with E-state index in [0.717, 1.165) is 28.2 Å². The van der Waals surface area contributed by atoms with Crippen molar-refractivity contribution < 1.29 is 0 Å². The molecule has 100 valence electrons. The van der Waals surface area contributed by atoms with Crippen LogP contribution in [0.15, 0.2) is 30.6 Å². The molecule has 0 atom stereocenters. The number of hydrogen-bond acceptors (Lipinski definition) is 4. The zero-order valence-corrected chi connectivity index (χ0v) is 11.1. The highest BCUT2D eigenvalue weighted by molar-refractivity contribution is 5.88. The first-order valence-corrected chi connectivity index (χ1v) is 7.04. The molecule has 0 unspecified atom stereocenters. The van der Waals surface area contributed by atoms with Gasteiger partial charge in [0.1, 0.15) is 5.82 Å². The topological polar surface area (TPSA) is 67.3 Å². The minimum atomic E-state index is 0.539. The summed E-state index contributed by atoms with van der Waals surface area (Å²) in [5.74, 6) is 2.27. The van der Waals surface area contributed by atoms with Gasteiger partial charge in [-0.3, -0.25) is 15.1 Å². The molecule has 5 nitrogen and oxygen atoms in total. The van der Waals surface area contributed by atoms with E-state index in [1.807, 2.05) is 18.2 Å². The van der Waals surface area contributed by atoms with Crippen molar-refractivity contribution in [3.8, 4) is 11.4 Å². The number of nitrogens with one attached hydrogen (secondary N) is 1. The van der Waals surface area contributed by atoms with E-state index < -0.39 is 0 Å². The van der Waals surface area contributed by atoms with Crippen LogP contribution in [0.2, 0.25) is 0 Å². The number of hydrogen-bond donors (Lipinski definition) is 1. The lowest BCUT2D eigenvalue weighted by Crippen LogP contribution is -1.94. The van der Waals surface area contributed by atoms with Gasteiger partial charge in [-0.05, 0) is 25.0 Å². The third-order valence-corrected chi connectivity index (χ3v) is 3.98. The molecule has 1 fully saturated rings. The molecule has 0 spiro atoms. The van der Waals surface area contributed by atoms with Crippen molar-refractivity contribution in [3.05, 3.63) is 36.4 Å². The van der Waals surface area contributed by atoms with E-state index in [4.69, 9.17) is 0 Å². The lowest BCUT2D eigenvalue weighted by Gasteiger charge is -2.02. The maximum Gasteiger partial charge on any atom is 0.183 e. The van der Waals surface area contributed by atoms with Crippen molar-refractivity contribution in [2.24, 2.45) is 0 Å². The number of para-hydroxylation sites is 1. The molecule has 1 aliphatic rings. The molecule has 2 aromatic heterocycles. The minimum Gasteiger partial charge on any atom is -0.262 e. The summed E-state index contributed by atoms with van der Waals surface area (Å²) in [6.45, 7) is 0. The van der Waals surface area contributed by atoms with Crippen molar-refractivity contribution in [2.45, 2.75) is 31.6 Å². The van der Waals surface area contributed by atoms with E-state index in [0.29, 0.717) is 5.92 Å². The quantitative estimate of drug-likeness (QED) is 0.773. The highest BCUT2D eigenvalue weighted by atomic mass is 15.2. The third kappa shape index (κ3) is 1.86. The van der Waals surface area contributed by atoms with Crippen LogP contribution in [0, 0.1) is 0 Å². The molecule has 0 bridgehead atoms. The second-order valence-corrected chi connectivity index (χ2v) is 5.26. The van der Waals surface area contributed by atoms with Gasteiger partial charge in [0.2, 0.25) is 0 Å². The predicted molar refractivity (Wildman–Crippen MR) is 76.1 cm³/mol. The summed E-state index contributed by atoms with van der Waals surface area (Å²) in [6.07, 6.45) is 8.42. The third-order valence-electron chi connectivity index (χ3n) is 3.98. The molecule has 20 heavy (non-hydrogen) atoms. The monoisotopic (exact) mass is 265 g/mol. The van der Waals surface area contributed by atoms with Crippen LogP contribution in [0.5, 0.6) is 0 Å². The lowest BCUT2D eigenvalue weighted by molar-refractivity contribution is 0.672. The van der Waals surface area contributed by atoms with Crippen molar-refractivity contribution in [3.63, 3.8) is 0 Å². The van der Waals surface area contributed by atoms with Crippen molar-refractivity contribution in [1.82, 2.24) is 25.1 Å². The fourth-order valence-corrected chi connectivity index (χ4v) is 2.95. The van der Waals surface area contributed by atoms with E-state index in [-0.39, 0.29) is 0 Å². The van der Waals surface area contributed by atoms with Crippen molar-refractivity contribution in [2.75, 3.05) is 0 Å². The van der Waals surface area contributed by atoms with Gasteiger partial charge >= 0.3 is 0 Å². The largest absolute Gasteiger partial charge is 0.262 e. The van der Waals surface area contributed by atoms with Crippen LogP contribution in [0.1, 0.15) is 37.4 Å². The van der Waals surface area contributed by atoms with E-state index in [2.05, 4.69) is 25.1 Å². The van der Waals surface area contributed by atoms with Gasteiger partial charge < -0.3 is 0 Å². The molecular formula is C15H15N5. The highest BCUT2D eigenvalue weighted by Crippen LogP contribution is 2.33. The van der Waals surface area contributed by atoms with Gasteiger partial charge in [-0.1, -0.05) is 18.9 Å². The smallest absolute Gasteiger partial charge is 0.183 e. The molecule has 0 radical (unpaired) electrons. The van der Waals surface area contributed by atoms with E-state index in [9.17, 15) is 0 Å². The van der Waals surface area contributed by atoms with Crippen LogP contribution in [0.25, 0.3) is 22.4 Å². The Morgan fingerprint density at radius 2 is 1.90 bits per heavy atom. The van der Waals surface area contributed by atoms with Gasteiger partial charge in [-0.25, -0.2) is 4.98 Å². The summed E-state index contributed by atoms with van der Waals surface area (Å²) < 4.78 is 0. The molecule has 0 amide bonds. The first kappa shape index (κ1) is 11.5. The van der Waals surface area contributed by atoms with Gasteiger partial charge in [-0.15, -0.1) is 0 Å². The first-order valence-electron chi connectivity index (χ1n) is 7.04. The Labute approximate surface area is 116 Å². The summed E-state index contributed by atoms with van der Waals surface area (Å²) in [4.78, 5) is 13.4. The normalized spacial score (nSPS) is 16.0. The fraction of sp³-hybridized carbons (Fsp3) is 0.333. The number of H-pyrrole nitrogens is 1. The average molecular weight is 265 g/mol. The van der Waals surface area contributed by atoms with Crippen LogP contribution in [0.3, 0.4) is 0 Å². The highest BCUT2D eigenvalue weighted by Gasteiger charge is 2.21. The number of rotatable bonds is 2. The van der Waals surface area contributed by atoms with Crippen LogP contribution in [0.4, 0.5) is 0 Å². The van der Waals surface area contributed by atoms with Crippen LogP contribution in [-0.2, 0) is 0 Å². The molecular weight excluding hydrogens is 250 g/mol. The number of fused-ring (bicyclic) bond motifs is 1. The van der Waals surface area contributed by atoms with Crippen molar-refractivity contribution in [1.29, 1.82) is 0 Å². The standard InChI is InChI=1S/C15H15N5/c1-2-5-10(4-1)14-18-15(20-19-14)11-6-3-7-12-13(11)17-9-8-16-12/h3,6-10H,1-2,4-5H2,(H,18,19,20). The number of aromatic nitrogens is 5. The molecule has 0 saturated heterocycles. The molecule has 1 N–H and O–H groups in total. The zero-order chi connectivity index (χ0) is 13.4. The fourth-order valence-electron chi connectivity index (χ4n) is 2.95. The minimum absolute atomic E-state index is 0.539. The van der Waals surface area contributed by atoms with E-state index in [1.165, 1.54) is 25.7 Å². The Morgan fingerprint density at radius 1 is 1.05 bits per heavy atom. The Morgan fingerprint density at radius 3 is 2.80 bits per heavy atom. The number of nitrogens with zero attached hydrogens (tertiary/aromatic N) is 4. The van der Waals surface area contributed by atoms with E-state index >= 15 is 0 Å². The molecule has 4 rings (SSSR count). The van der Waals surface area contributed by atoms with Crippen LogP contribution >= 0.6 is 0 Å². The second-order valence-electron chi connectivity index (χ2n) is 5.26. The first-order chi connectivity index (χ1) is 9.92. The van der Waals surface area contributed by atoms with Gasteiger partial charge in [-0.2, -0.15) is 5.10 Å². The van der Waals surface area contributed by atoms with E-state index in [1.54, 1.807) is 12.4 Å². The molecule has 1 saturated carbocycles. The Bertz CT molecular complexity index is 737. The van der Waals surface area contributed by atoms with Crippen LogP contribution < -0.4 is 0 Å². The van der Waals surface area contributed by atoms with Gasteiger partial charge in [0.15, 0.2) is 5.82 Å². The second kappa shape index (κ2) is 4.67. The summed E-state index contributed by atoms with van der Waals surface area (Å²) >= 11 is 0. The summed E-state index contributed by atoms with van der Waals surface area (Å²) in [5.41, 5.74) is 2.67. The summed E-state index contributed by atoms with van der Waals surface area (Å²) in [7, 11) is 0. The molecule has 3 aromatic rings. The SMILES string of the molecule is c1cc(-c2n[nH]c(C3CCCC3)n2)c2nccnc2c1. The molecule has 1 aliphatic carbocycles. The maximum atomic E-state index is 4.68. The van der Waals surface area contributed by atoms with Gasteiger partial charge in [0, 0.05) is 23.9 Å². The number of benzene rings is 1. The molecule has 2 heterocycles.